The molecule has 0 bridgehead atoms. The van der Waals surface area contributed by atoms with Crippen molar-refractivity contribution in [2.45, 2.75) is 19.3 Å². The summed E-state index contributed by atoms with van der Waals surface area (Å²) >= 11 is 5.62. The van der Waals surface area contributed by atoms with Crippen LogP contribution in [-0.2, 0) is 25.0 Å². The van der Waals surface area contributed by atoms with Gasteiger partial charge in [0, 0.05) is 0 Å². The first-order valence-electron chi connectivity index (χ1n) is 5.29. The van der Waals surface area contributed by atoms with Crippen LogP contribution in [0.1, 0.15) is 19.3 Å². The third-order valence-electron chi connectivity index (χ3n) is 1.58. The van der Waals surface area contributed by atoms with Crippen LogP contribution in [0, 0.1) is 0 Å². The van der Waals surface area contributed by atoms with Crippen molar-refractivity contribution in [3.05, 3.63) is 0 Å². The van der Waals surface area contributed by atoms with E-state index in [9.17, 15) is 14.4 Å². The second-order valence-electron chi connectivity index (χ2n) is 3.08. The molecule has 6 nitrogen and oxygen atoms in total. The Balaban J connectivity index is 4.40. The summed E-state index contributed by atoms with van der Waals surface area (Å²) in [7, 11) is 0. The van der Waals surface area contributed by atoms with Crippen LogP contribution >= 0.6 is 47.8 Å². The van der Waals surface area contributed by atoms with Gasteiger partial charge in [0.25, 0.3) is 0 Å². The summed E-state index contributed by atoms with van der Waals surface area (Å²) in [5, 5.41) is 1.27. The van der Waals surface area contributed by atoms with Gasteiger partial charge in [-0.25, -0.2) is 0 Å². The molecule has 0 aliphatic rings. The zero-order valence-electron chi connectivity index (χ0n) is 9.90. The number of rotatable bonds is 9. The standard InChI is InChI=1S/3C3H5BrO2.Ga/c3*4-2-1-3(5)6;/h3*1-2H2,(H,5,6);/q;;;+3/p-3. The topological polar surface area (TPSA) is 78.9 Å². The average Bonchev–Trinajstić information content (AvgIpc) is 2.29. The van der Waals surface area contributed by atoms with Crippen LogP contribution < -0.4 is 0 Å². The Morgan fingerprint density at radius 2 is 0.947 bits per heavy atom. The van der Waals surface area contributed by atoms with E-state index in [1.807, 2.05) is 0 Å². The molecule has 0 heterocycles. The Hall–Kier alpha value is 0.486. The summed E-state index contributed by atoms with van der Waals surface area (Å²) < 4.78 is 14.8. The summed E-state index contributed by atoms with van der Waals surface area (Å²) in [4.78, 5) is 34.0. The number of hydrogen-bond donors (Lipinski definition) is 0. The SMILES string of the molecule is O=C(CCBr)[O][Ga]([O]C(=O)CCBr)[O]C(=O)CCBr. The van der Waals surface area contributed by atoms with Crippen LogP contribution in [0.4, 0.5) is 0 Å². The van der Waals surface area contributed by atoms with Crippen molar-refractivity contribution in [2.75, 3.05) is 16.0 Å². The number of halogens is 3. The van der Waals surface area contributed by atoms with Gasteiger partial charge in [-0.05, 0) is 0 Å². The molecule has 0 atom stereocenters. The zero-order chi connectivity index (χ0) is 14.7. The monoisotopic (exact) mass is 522 g/mol. The Kier molecular flexibility index (Phi) is 12.6. The summed E-state index contributed by atoms with van der Waals surface area (Å²) in [5.41, 5.74) is 0. The summed E-state index contributed by atoms with van der Waals surface area (Å²) in [5.74, 6) is -1.67. The van der Waals surface area contributed by atoms with Crippen molar-refractivity contribution in [3.63, 3.8) is 0 Å². The second kappa shape index (κ2) is 12.2. The third-order valence-corrected chi connectivity index (χ3v) is 5.63. The van der Waals surface area contributed by atoms with Gasteiger partial charge >= 0.3 is 143 Å². The van der Waals surface area contributed by atoms with Gasteiger partial charge in [-0.15, -0.1) is 0 Å². The second-order valence-corrected chi connectivity index (χ2v) is 8.15. The fraction of sp³-hybridized carbons (Fsp3) is 0.667. The molecular weight excluding hydrogens is 514 g/mol. The van der Waals surface area contributed by atoms with E-state index in [4.69, 9.17) is 10.6 Å². The molecule has 0 spiro atoms. The molecule has 0 saturated heterocycles. The van der Waals surface area contributed by atoms with Crippen molar-refractivity contribution >= 4 is 83.0 Å². The summed E-state index contributed by atoms with van der Waals surface area (Å²) in [6.45, 7) is 0. The van der Waals surface area contributed by atoms with Gasteiger partial charge in [0.05, 0.1) is 0 Å². The predicted octanol–water partition coefficient (Wildman–Crippen LogP) is 1.96. The van der Waals surface area contributed by atoms with E-state index in [-0.39, 0.29) is 19.3 Å². The molecule has 0 aliphatic carbocycles. The Bertz CT molecular complexity index is 267. The molecule has 0 unspecified atom stereocenters. The van der Waals surface area contributed by atoms with E-state index < -0.39 is 35.2 Å². The van der Waals surface area contributed by atoms with Gasteiger partial charge in [0.15, 0.2) is 0 Å². The maximum atomic E-state index is 11.3. The molecule has 0 aliphatic heterocycles. The predicted molar refractivity (Wildman–Crippen MR) is 79.3 cm³/mol. The molecule has 0 aromatic rings. The molecule has 0 amide bonds. The first-order chi connectivity index (χ1) is 9.03. The Morgan fingerprint density at radius 1 is 0.684 bits per heavy atom. The third kappa shape index (κ3) is 10.9. The van der Waals surface area contributed by atoms with Gasteiger partial charge in [-0.2, -0.15) is 0 Å². The van der Waals surface area contributed by atoms with Crippen molar-refractivity contribution in [1.82, 2.24) is 0 Å². The Labute approximate surface area is 142 Å². The minimum absolute atomic E-state index is 0.119. The first-order valence-corrected chi connectivity index (χ1v) is 11.6. The van der Waals surface area contributed by atoms with E-state index in [1.54, 1.807) is 0 Å². The molecule has 0 aromatic heterocycles. The molecule has 0 aromatic carbocycles. The molecular formula is C9H12Br3GaO6. The van der Waals surface area contributed by atoms with Gasteiger partial charge in [-0.1, -0.05) is 0 Å². The van der Waals surface area contributed by atoms with Crippen LogP contribution in [0.2, 0.25) is 0 Å². The molecule has 0 N–H and O–H groups in total. The van der Waals surface area contributed by atoms with E-state index >= 15 is 0 Å². The summed E-state index contributed by atoms with van der Waals surface area (Å²) in [6, 6.07) is 0. The minimum atomic E-state index is -3.63. The van der Waals surface area contributed by atoms with Crippen LogP contribution in [0.25, 0.3) is 0 Å². The number of hydrogen-bond acceptors (Lipinski definition) is 6. The first kappa shape index (κ1) is 19.5. The van der Waals surface area contributed by atoms with Gasteiger partial charge in [0.1, 0.15) is 0 Å². The van der Waals surface area contributed by atoms with Crippen LogP contribution in [0.5, 0.6) is 0 Å². The van der Waals surface area contributed by atoms with E-state index in [0.29, 0.717) is 16.0 Å². The molecule has 0 rings (SSSR count). The zero-order valence-corrected chi connectivity index (χ0v) is 17.1. The average molecular weight is 526 g/mol. The van der Waals surface area contributed by atoms with Crippen LogP contribution in [-0.4, -0.2) is 51.2 Å². The quantitative estimate of drug-likeness (QED) is 0.338. The normalized spacial score (nSPS) is 9.63. The van der Waals surface area contributed by atoms with Crippen molar-refractivity contribution in [1.29, 1.82) is 0 Å². The Morgan fingerprint density at radius 3 is 1.16 bits per heavy atom. The van der Waals surface area contributed by atoms with E-state index in [0.717, 1.165) is 0 Å². The molecule has 0 fully saturated rings. The van der Waals surface area contributed by atoms with Gasteiger partial charge in [-0.3, -0.25) is 0 Å². The van der Waals surface area contributed by atoms with Gasteiger partial charge < -0.3 is 0 Å². The van der Waals surface area contributed by atoms with Crippen molar-refractivity contribution in [3.8, 4) is 0 Å². The molecule has 10 heteroatoms. The number of carbonyl (C=O) groups excluding carboxylic acids is 3. The van der Waals surface area contributed by atoms with Crippen LogP contribution in [0.3, 0.4) is 0 Å². The van der Waals surface area contributed by atoms with E-state index in [2.05, 4.69) is 47.8 Å². The van der Waals surface area contributed by atoms with Crippen LogP contribution in [0.15, 0.2) is 0 Å². The fourth-order valence-corrected chi connectivity index (χ4v) is 4.17. The molecule has 0 radical (unpaired) electrons. The van der Waals surface area contributed by atoms with Gasteiger partial charge in [0.2, 0.25) is 0 Å². The molecule has 0 saturated carbocycles. The number of alkyl halides is 3. The fourth-order valence-electron chi connectivity index (χ4n) is 0.802. The van der Waals surface area contributed by atoms with Crippen molar-refractivity contribution < 1.29 is 25.0 Å². The molecule has 19 heavy (non-hydrogen) atoms. The molecule has 108 valence electrons. The van der Waals surface area contributed by atoms with Crippen molar-refractivity contribution in [2.24, 2.45) is 0 Å². The summed E-state index contributed by atoms with van der Waals surface area (Å²) in [6.07, 6.45) is 0.356. The van der Waals surface area contributed by atoms with E-state index in [1.165, 1.54) is 0 Å². The number of carbonyl (C=O) groups is 3. The maximum absolute atomic E-state index is 11.3.